The number of phenolic OH excluding ortho intramolecular Hbond substituents is 1. The summed E-state index contributed by atoms with van der Waals surface area (Å²) in [5.41, 5.74) is 2.75. The number of aliphatic hydroxyl groups excluding tert-OH is 1. The standard InChI is InChI=1S/C36H47N3O4S/c1-23-29(15-10-16-32(23)40)34(42)37-30(19-28-17-27(22-44-28)24-11-6-5-7-12-24)33(41)21-39-20-26-14-9-8-13-25(26)18-31(39)35(43)38-36(2,3)4/h5-7,10-12,15-17,22,25-26,30-31,33,40-41H,8-9,13-14,18-21H2,1-4H3,(H,37,42)(H,38,43)/t25-,26+,30-,31-,33+/m0/s1. The van der Waals surface area contributed by atoms with Gasteiger partial charge in [0.2, 0.25) is 5.91 Å². The molecule has 0 bridgehead atoms. The molecule has 5 rings (SSSR count). The Morgan fingerprint density at radius 2 is 1.75 bits per heavy atom. The average Bonchev–Trinajstić information content (AvgIpc) is 3.46. The summed E-state index contributed by atoms with van der Waals surface area (Å²) in [4.78, 5) is 30.4. The van der Waals surface area contributed by atoms with Crippen molar-refractivity contribution in [2.45, 2.75) is 89.9 Å². The van der Waals surface area contributed by atoms with E-state index in [1.807, 2.05) is 39.0 Å². The van der Waals surface area contributed by atoms with E-state index in [1.54, 1.807) is 36.5 Å². The summed E-state index contributed by atoms with van der Waals surface area (Å²) in [6.45, 7) is 8.76. The number of thiophene rings is 1. The summed E-state index contributed by atoms with van der Waals surface area (Å²) in [6.07, 6.45) is 5.06. The molecule has 0 radical (unpaired) electrons. The fraction of sp³-hybridized carbons (Fsp3) is 0.500. The normalized spacial score (nSPS) is 22.1. The second-order valence-corrected chi connectivity index (χ2v) is 14.7. The minimum absolute atomic E-state index is 0.00968. The first-order valence-electron chi connectivity index (χ1n) is 15.9. The zero-order valence-electron chi connectivity index (χ0n) is 26.4. The lowest BCUT2D eigenvalue weighted by Gasteiger charge is -2.47. The molecule has 1 aliphatic carbocycles. The number of likely N-dealkylation sites (tertiary alicyclic amines) is 1. The van der Waals surface area contributed by atoms with Crippen molar-refractivity contribution in [3.05, 3.63) is 76.0 Å². The molecule has 5 atom stereocenters. The maximum atomic E-state index is 13.6. The highest BCUT2D eigenvalue weighted by Crippen LogP contribution is 2.39. The van der Waals surface area contributed by atoms with Crippen molar-refractivity contribution in [1.29, 1.82) is 0 Å². The van der Waals surface area contributed by atoms with Gasteiger partial charge < -0.3 is 20.8 Å². The summed E-state index contributed by atoms with van der Waals surface area (Å²) >= 11 is 1.61. The molecule has 1 aromatic heterocycles. The van der Waals surface area contributed by atoms with Crippen LogP contribution in [0.2, 0.25) is 0 Å². The van der Waals surface area contributed by atoms with Crippen LogP contribution in [0.3, 0.4) is 0 Å². The van der Waals surface area contributed by atoms with Crippen molar-refractivity contribution in [2.24, 2.45) is 11.8 Å². The molecule has 1 saturated heterocycles. The van der Waals surface area contributed by atoms with Crippen LogP contribution < -0.4 is 10.6 Å². The first-order valence-corrected chi connectivity index (χ1v) is 16.8. The van der Waals surface area contributed by atoms with Crippen LogP contribution in [0.4, 0.5) is 0 Å². The Hall–Kier alpha value is -3.20. The predicted octanol–water partition coefficient (Wildman–Crippen LogP) is 5.93. The molecule has 236 valence electrons. The maximum Gasteiger partial charge on any atom is 0.252 e. The molecule has 8 heteroatoms. The van der Waals surface area contributed by atoms with E-state index in [0.29, 0.717) is 29.4 Å². The van der Waals surface area contributed by atoms with Crippen LogP contribution in [0.1, 0.15) is 73.7 Å². The van der Waals surface area contributed by atoms with Crippen molar-refractivity contribution in [3.8, 4) is 16.9 Å². The van der Waals surface area contributed by atoms with Crippen molar-refractivity contribution >= 4 is 23.2 Å². The zero-order valence-corrected chi connectivity index (χ0v) is 27.2. The molecular weight excluding hydrogens is 570 g/mol. The number of benzene rings is 2. The van der Waals surface area contributed by atoms with Gasteiger partial charge in [-0.25, -0.2) is 0 Å². The van der Waals surface area contributed by atoms with E-state index in [4.69, 9.17) is 0 Å². The highest BCUT2D eigenvalue weighted by Gasteiger charge is 2.42. The van der Waals surface area contributed by atoms with Crippen LogP contribution in [0.25, 0.3) is 11.1 Å². The third-order valence-corrected chi connectivity index (χ3v) is 10.2. The molecular formula is C36H47N3O4S. The molecule has 2 heterocycles. The average molecular weight is 618 g/mol. The maximum absolute atomic E-state index is 13.6. The number of aromatic hydroxyl groups is 1. The molecule has 2 fully saturated rings. The number of nitrogens with one attached hydrogen (secondary N) is 2. The number of phenols is 1. The summed E-state index contributed by atoms with van der Waals surface area (Å²) in [7, 11) is 0. The molecule has 7 nitrogen and oxygen atoms in total. The number of β-amino-alcohol motifs (C(OH)–C–C–N with tert-alkyl or cyclic N) is 1. The van der Waals surface area contributed by atoms with Crippen LogP contribution >= 0.6 is 11.3 Å². The number of amides is 2. The van der Waals surface area contributed by atoms with Crippen LogP contribution in [-0.4, -0.2) is 63.7 Å². The second kappa shape index (κ2) is 13.8. The summed E-state index contributed by atoms with van der Waals surface area (Å²) in [6, 6.07) is 16.3. The molecule has 0 unspecified atom stereocenters. The highest BCUT2D eigenvalue weighted by atomic mass is 32.1. The number of fused-ring (bicyclic) bond motifs is 1. The van der Waals surface area contributed by atoms with Gasteiger partial charge in [0, 0.05) is 41.1 Å². The fourth-order valence-corrected chi connectivity index (χ4v) is 7.83. The number of rotatable bonds is 9. The summed E-state index contributed by atoms with van der Waals surface area (Å²) in [5, 5.41) is 30.5. The monoisotopic (exact) mass is 617 g/mol. The Morgan fingerprint density at radius 1 is 1.02 bits per heavy atom. The number of hydrogen-bond donors (Lipinski definition) is 4. The van der Waals surface area contributed by atoms with E-state index in [9.17, 15) is 19.8 Å². The minimum Gasteiger partial charge on any atom is -0.508 e. The van der Waals surface area contributed by atoms with Crippen molar-refractivity contribution in [2.75, 3.05) is 13.1 Å². The van der Waals surface area contributed by atoms with Gasteiger partial charge in [0.05, 0.1) is 18.2 Å². The number of piperidine rings is 1. The third kappa shape index (κ3) is 7.89. The van der Waals surface area contributed by atoms with Gasteiger partial charge in [0.25, 0.3) is 5.91 Å². The SMILES string of the molecule is Cc1c(O)cccc1C(=O)N[C@@H](Cc1cc(-c2ccccc2)cs1)[C@H](O)CN1C[C@H]2CCCC[C@H]2C[C@H]1C(=O)NC(C)(C)C. The minimum atomic E-state index is -0.913. The molecule has 2 aliphatic rings. The Bertz CT molecular complexity index is 1430. The first-order chi connectivity index (χ1) is 21.0. The quantitative estimate of drug-likeness (QED) is 0.239. The number of carbonyl (C=O) groups is 2. The lowest BCUT2D eigenvalue weighted by atomic mass is 9.72. The molecule has 1 saturated carbocycles. The van der Waals surface area contributed by atoms with Gasteiger partial charge in [-0.15, -0.1) is 11.3 Å². The van der Waals surface area contributed by atoms with Gasteiger partial charge in [0.1, 0.15) is 5.75 Å². The van der Waals surface area contributed by atoms with Crippen molar-refractivity contribution in [3.63, 3.8) is 0 Å². The largest absolute Gasteiger partial charge is 0.508 e. The van der Waals surface area contributed by atoms with Gasteiger partial charge in [-0.2, -0.15) is 0 Å². The summed E-state index contributed by atoms with van der Waals surface area (Å²) in [5.74, 6) is 0.775. The Balaban J connectivity index is 1.39. The smallest absolute Gasteiger partial charge is 0.252 e. The molecule has 2 amide bonds. The van der Waals surface area contributed by atoms with E-state index in [2.05, 4.69) is 39.1 Å². The van der Waals surface area contributed by atoms with Crippen molar-refractivity contribution in [1.82, 2.24) is 15.5 Å². The van der Waals surface area contributed by atoms with Crippen LogP contribution in [0.15, 0.2) is 60.0 Å². The predicted molar refractivity (Wildman–Crippen MR) is 177 cm³/mol. The lowest BCUT2D eigenvalue weighted by molar-refractivity contribution is -0.132. The highest BCUT2D eigenvalue weighted by molar-refractivity contribution is 7.10. The van der Waals surface area contributed by atoms with Crippen molar-refractivity contribution < 1.29 is 19.8 Å². The Labute approximate surface area is 265 Å². The van der Waals surface area contributed by atoms with E-state index in [1.165, 1.54) is 12.8 Å². The van der Waals surface area contributed by atoms with Gasteiger partial charge in [0.15, 0.2) is 0 Å². The summed E-state index contributed by atoms with van der Waals surface area (Å²) < 4.78 is 0. The van der Waals surface area contributed by atoms with E-state index in [0.717, 1.165) is 41.8 Å². The zero-order chi connectivity index (χ0) is 31.4. The number of aliphatic hydroxyl groups is 1. The number of hydrogen-bond acceptors (Lipinski definition) is 6. The van der Waals surface area contributed by atoms with Gasteiger partial charge in [-0.3, -0.25) is 14.5 Å². The molecule has 0 spiro atoms. The van der Waals surface area contributed by atoms with Crippen LogP contribution in [0.5, 0.6) is 5.75 Å². The molecule has 44 heavy (non-hydrogen) atoms. The Morgan fingerprint density at radius 3 is 2.48 bits per heavy atom. The van der Waals surface area contributed by atoms with E-state index < -0.39 is 12.1 Å². The van der Waals surface area contributed by atoms with E-state index >= 15 is 0 Å². The Kier molecular flexibility index (Phi) is 10.1. The second-order valence-electron chi connectivity index (χ2n) is 13.7. The molecule has 2 aromatic carbocycles. The van der Waals surface area contributed by atoms with Crippen LogP contribution in [-0.2, 0) is 11.2 Å². The van der Waals surface area contributed by atoms with E-state index in [-0.39, 0.29) is 35.7 Å². The number of carbonyl (C=O) groups excluding carboxylic acids is 2. The number of nitrogens with zero attached hydrogens (tertiary/aromatic N) is 1. The van der Waals surface area contributed by atoms with Crippen LogP contribution in [0, 0.1) is 18.8 Å². The fourth-order valence-electron chi connectivity index (χ4n) is 6.88. The first kappa shape index (κ1) is 32.2. The lowest BCUT2D eigenvalue weighted by Crippen LogP contribution is -2.60. The third-order valence-electron chi connectivity index (χ3n) is 9.24. The van der Waals surface area contributed by atoms with Gasteiger partial charge in [-0.1, -0.05) is 55.7 Å². The molecule has 4 N–H and O–H groups in total. The molecule has 1 aliphatic heterocycles. The molecule has 3 aromatic rings. The van der Waals surface area contributed by atoms with Gasteiger partial charge in [-0.05, 0) is 87.1 Å². The topological polar surface area (TPSA) is 102 Å². The van der Waals surface area contributed by atoms with Gasteiger partial charge >= 0.3 is 0 Å².